The minimum Gasteiger partial charge on any atom is -0.289 e. The number of benzene rings is 1. The first-order valence-electron chi connectivity index (χ1n) is 5.37. The van der Waals surface area contributed by atoms with Crippen molar-refractivity contribution >= 4 is 5.78 Å². The van der Waals surface area contributed by atoms with E-state index in [9.17, 15) is 4.79 Å². The molecule has 0 fully saturated rings. The number of Topliss-reactive ketones (excluding diaryl/α,β-unsaturated/α-hetero) is 1. The minimum atomic E-state index is 0.156. The number of ketones is 1. The highest BCUT2D eigenvalue weighted by Crippen LogP contribution is 2.15. The molecule has 1 aromatic carbocycles. The van der Waals surface area contributed by atoms with Crippen molar-refractivity contribution < 1.29 is 4.79 Å². The first-order chi connectivity index (χ1) is 7.10. The minimum absolute atomic E-state index is 0.156. The number of carbonyl (C=O) groups is 1. The average molecular weight is 202 g/mol. The van der Waals surface area contributed by atoms with Crippen LogP contribution in [-0.2, 0) is 0 Å². The number of rotatable bonds is 3. The Hall–Kier alpha value is -1.37. The SMILES string of the molecule is C/C=C(/CC)C(=O)c1ccc(C)c(C)c1. The Bertz CT molecular complexity index is 400. The summed E-state index contributed by atoms with van der Waals surface area (Å²) in [6, 6.07) is 5.88. The topological polar surface area (TPSA) is 17.1 Å². The molecule has 15 heavy (non-hydrogen) atoms. The van der Waals surface area contributed by atoms with Gasteiger partial charge in [-0.2, -0.15) is 0 Å². The fourth-order valence-electron chi connectivity index (χ4n) is 1.56. The lowest BCUT2D eigenvalue weighted by Gasteiger charge is -2.06. The Labute approximate surface area is 91.8 Å². The molecular weight excluding hydrogens is 184 g/mol. The van der Waals surface area contributed by atoms with Crippen LogP contribution in [0.15, 0.2) is 29.8 Å². The summed E-state index contributed by atoms with van der Waals surface area (Å²) < 4.78 is 0. The number of allylic oxidation sites excluding steroid dienone is 2. The summed E-state index contributed by atoms with van der Waals surface area (Å²) in [6.45, 7) is 8.01. The summed E-state index contributed by atoms with van der Waals surface area (Å²) in [6.07, 6.45) is 2.69. The molecule has 0 saturated carbocycles. The van der Waals surface area contributed by atoms with Crippen molar-refractivity contribution in [2.75, 3.05) is 0 Å². The van der Waals surface area contributed by atoms with Crippen LogP contribution in [0.2, 0.25) is 0 Å². The quantitative estimate of drug-likeness (QED) is 0.537. The Kier molecular flexibility index (Phi) is 3.84. The number of carbonyl (C=O) groups excluding carboxylic acids is 1. The summed E-state index contributed by atoms with van der Waals surface area (Å²) in [4.78, 5) is 12.0. The van der Waals surface area contributed by atoms with Gasteiger partial charge in [0.15, 0.2) is 5.78 Å². The molecule has 0 spiro atoms. The van der Waals surface area contributed by atoms with Crippen LogP contribution in [0.4, 0.5) is 0 Å². The molecule has 0 atom stereocenters. The van der Waals surface area contributed by atoms with Crippen molar-refractivity contribution in [2.45, 2.75) is 34.1 Å². The summed E-state index contributed by atoms with van der Waals surface area (Å²) in [5.74, 6) is 0.156. The van der Waals surface area contributed by atoms with E-state index in [2.05, 4.69) is 6.92 Å². The first kappa shape index (κ1) is 11.7. The molecule has 1 nitrogen and oxygen atoms in total. The van der Waals surface area contributed by atoms with E-state index in [-0.39, 0.29) is 5.78 Å². The van der Waals surface area contributed by atoms with Crippen LogP contribution >= 0.6 is 0 Å². The molecule has 0 unspecified atom stereocenters. The predicted octanol–water partition coefficient (Wildman–Crippen LogP) is 3.84. The Morgan fingerprint density at radius 2 is 1.93 bits per heavy atom. The summed E-state index contributed by atoms with van der Waals surface area (Å²) >= 11 is 0. The van der Waals surface area contributed by atoms with E-state index in [1.54, 1.807) is 0 Å². The second kappa shape index (κ2) is 4.92. The molecule has 0 saturated heterocycles. The van der Waals surface area contributed by atoms with Crippen molar-refractivity contribution in [3.8, 4) is 0 Å². The zero-order valence-corrected chi connectivity index (χ0v) is 9.92. The van der Waals surface area contributed by atoms with E-state index < -0.39 is 0 Å². The molecule has 0 N–H and O–H groups in total. The van der Waals surface area contributed by atoms with Gasteiger partial charge in [0.1, 0.15) is 0 Å². The smallest absolute Gasteiger partial charge is 0.188 e. The van der Waals surface area contributed by atoms with E-state index in [0.717, 1.165) is 17.6 Å². The third-order valence-electron chi connectivity index (χ3n) is 2.79. The van der Waals surface area contributed by atoms with Crippen LogP contribution in [0, 0.1) is 13.8 Å². The fourth-order valence-corrected chi connectivity index (χ4v) is 1.56. The maximum Gasteiger partial charge on any atom is 0.188 e. The summed E-state index contributed by atoms with van der Waals surface area (Å²) in [5.41, 5.74) is 4.09. The van der Waals surface area contributed by atoms with Gasteiger partial charge in [-0.05, 0) is 50.0 Å². The molecule has 0 bridgehead atoms. The molecular formula is C14H18O. The van der Waals surface area contributed by atoms with Gasteiger partial charge in [0.25, 0.3) is 0 Å². The molecule has 0 aliphatic carbocycles. The van der Waals surface area contributed by atoms with Crippen molar-refractivity contribution in [1.29, 1.82) is 0 Å². The number of hydrogen-bond acceptors (Lipinski definition) is 1. The zero-order valence-electron chi connectivity index (χ0n) is 9.92. The zero-order chi connectivity index (χ0) is 11.4. The van der Waals surface area contributed by atoms with Crippen LogP contribution in [0.1, 0.15) is 41.8 Å². The molecule has 1 rings (SSSR count). The van der Waals surface area contributed by atoms with Crippen molar-refractivity contribution in [3.63, 3.8) is 0 Å². The second-order valence-electron chi connectivity index (χ2n) is 3.80. The molecule has 0 aliphatic heterocycles. The number of aryl methyl sites for hydroxylation is 2. The summed E-state index contributed by atoms with van der Waals surface area (Å²) in [7, 11) is 0. The number of hydrogen-bond donors (Lipinski definition) is 0. The molecule has 0 radical (unpaired) electrons. The second-order valence-corrected chi connectivity index (χ2v) is 3.80. The summed E-state index contributed by atoms with van der Waals surface area (Å²) in [5, 5.41) is 0. The van der Waals surface area contributed by atoms with Crippen LogP contribution in [-0.4, -0.2) is 5.78 Å². The van der Waals surface area contributed by atoms with Gasteiger partial charge in [0.05, 0.1) is 0 Å². The van der Waals surface area contributed by atoms with E-state index in [4.69, 9.17) is 0 Å². The lowest BCUT2D eigenvalue weighted by molar-refractivity contribution is 0.103. The third kappa shape index (κ3) is 2.56. The van der Waals surface area contributed by atoms with Gasteiger partial charge in [0, 0.05) is 5.56 Å². The maximum atomic E-state index is 12.0. The van der Waals surface area contributed by atoms with E-state index in [1.807, 2.05) is 45.0 Å². The van der Waals surface area contributed by atoms with Gasteiger partial charge < -0.3 is 0 Å². The van der Waals surface area contributed by atoms with Crippen LogP contribution in [0.25, 0.3) is 0 Å². The van der Waals surface area contributed by atoms with Gasteiger partial charge in [-0.15, -0.1) is 0 Å². The van der Waals surface area contributed by atoms with Crippen molar-refractivity contribution in [1.82, 2.24) is 0 Å². The van der Waals surface area contributed by atoms with E-state index in [0.29, 0.717) is 0 Å². The van der Waals surface area contributed by atoms with Gasteiger partial charge >= 0.3 is 0 Å². The molecule has 0 amide bonds. The molecule has 0 aliphatic rings. The van der Waals surface area contributed by atoms with Crippen LogP contribution in [0.5, 0.6) is 0 Å². The Morgan fingerprint density at radius 3 is 2.40 bits per heavy atom. The van der Waals surface area contributed by atoms with Crippen LogP contribution in [0.3, 0.4) is 0 Å². The van der Waals surface area contributed by atoms with Crippen molar-refractivity contribution in [3.05, 3.63) is 46.5 Å². The third-order valence-corrected chi connectivity index (χ3v) is 2.79. The molecule has 0 heterocycles. The lowest BCUT2D eigenvalue weighted by Crippen LogP contribution is -2.03. The van der Waals surface area contributed by atoms with E-state index >= 15 is 0 Å². The van der Waals surface area contributed by atoms with E-state index in [1.165, 1.54) is 11.1 Å². The normalized spacial score (nSPS) is 11.6. The van der Waals surface area contributed by atoms with Crippen LogP contribution < -0.4 is 0 Å². The lowest BCUT2D eigenvalue weighted by atomic mass is 9.98. The first-order valence-corrected chi connectivity index (χ1v) is 5.37. The largest absolute Gasteiger partial charge is 0.289 e. The average Bonchev–Trinajstić information content (AvgIpc) is 2.23. The predicted molar refractivity (Wildman–Crippen MR) is 64.3 cm³/mol. The Morgan fingerprint density at radius 1 is 1.27 bits per heavy atom. The molecule has 1 aromatic rings. The molecule has 80 valence electrons. The Balaban J connectivity index is 3.07. The maximum absolute atomic E-state index is 12.0. The van der Waals surface area contributed by atoms with Gasteiger partial charge in [-0.1, -0.05) is 25.1 Å². The van der Waals surface area contributed by atoms with Gasteiger partial charge in [-0.3, -0.25) is 4.79 Å². The molecule has 1 heteroatoms. The highest BCUT2D eigenvalue weighted by atomic mass is 16.1. The standard InChI is InChI=1S/C14H18O/c1-5-12(6-2)14(15)13-8-7-10(3)11(4)9-13/h5,7-9H,6H2,1-4H3/b12-5-. The molecule has 0 aromatic heterocycles. The van der Waals surface area contributed by atoms with Gasteiger partial charge in [0.2, 0.25) is 0 Å². The monoisotopic (exact) mass is 202 g/mol. The van der Waals surface area contributed by atoms with Crippen molar-refractivity contribution in [2.24, 2.45) is 0 Å². The fraction of sp³-hybridized carbons (Fsp3) is 0.357. The van der Waals surface area contributed by atoms with Gasteiger partial charge in [-0.25, -0.2) is 0 Å². The highest BCUT2D eigenvalue weighted by molar-refractivity contribution is 6.08. The highest BCUT2D eigenvalue weighted by Gasteiger charge is 2.09.